The van der Waals surface area contributed by atoms with Gasteiger partial charge in [-0.05, 0) is 25.1 Å². The number of anilines is 1. The fraction of sp³-hybridized carbons (Fsp3) is 0.333. The van der Waals surface area contributed by atoms with E-state index in [1.807, 2.05) is 51.1 Å². The molecule has 136 valence electrons. The second-order valence-corrected chi connectivity index (χ2v) is 6.20. The van der Waals surface area contributed by atoms with Crippen LogP contribution in [0, 0.1) is 0 Å². The standard InChI is InChI=1S/C18H22N6O2/c1-4-24(11-16-21-17(12(2)3)23-26-16)18(25)20-14-7-5-6-13(10-14)15-8-9-19-22-15/h5-10,12H,4,11H2,1-3H3,(H,19,22)(H,20,25). The highest BCUT2D eigenvalue weighted by molar-refractivity contribution is 5.90. The van der Waals surface area contributed by atoms with E-state index in [1.165, 1.54) is 0 Å². The molecule has 0 spiro atoms. The number of H-pyrrole nitrogens is 1. The molecule has 2 amide bonds. The summed E-state index contributed by atoms with van der Waals surface area (Å²) < 4.78 is 5.23. The number of carbonyl (C=O) groups excluding carboxylic acids is 1. The summed E-state index contributed by atoms with van der Waals surface area (Å²) in [6.07, 6.45) is 1.69. The first-order valence-electron chi connectivity index (χ1n) is 8.55. The third kappa shape index (κ3) is 4.08. The summed E-state index contributed by atoms with van der Waals surface area (Å²) in [6.45, 7) is 6.67. The molecule has 0 fully saturated rings. The largest absolute Gasteiger partial charge is 0.337 e. The van der Waals surface area contributed by atoms with Gasteiger partial charge >= 0.3 is 6.03 Å². The topological polar surface area (TPSA) is 99.9 Å². The number of benzene rings is 1. The summed E-state index contributed by atoms with van der Waals surface area (Å²) in [5.74, 6) is 1.25. The zero-order valence-electron chi connectivity index (χ0n) is 15.1. The predicted molar refractivity (Wildman–Crippen MR) is 97.5 cm³/mol. The molecule has 0 unspecified atom stereocenters. The predicted octanol–water partition coefficient (Wildman–Crippen LogP) is 3.64. The Morgan fingerprint density at radius 3 is 2.85 bits per heavy atom. The first-order chi connectivity index (χ1) is 12.6. The maximum atomic E-state index is 12.6. The minimum atomic E-state index is -0.224. The number of aromatic nitrogens is 4. The zero-order chi connectivity index (χ0) is 18.5. The maximum Gasteiger partial charge on any atom is 0.322 e. The lowest BCUT2D eigenvalue weighted by Crippen LogP contribution is -2.34. The van der Waals surface area contributed by atoms with Crippen molar-refractivity contribution in [2.45, 2.75) is 33.2 Å². The van der Waals surface area contributed by atoms with Crippen molar-refractivity contribution in [2.75, 3.05) is 11.9 Å². The lowest BCUT2D eigenvalue weighted by Gasteiger charge is -2.19. The molecule has 0 aliphatic rings. The molecule has 0 aliphatic carbocycles. The van der Waals surface area contributed by atoms with Crippen LogP contribution in [0.2, 0.25) is 0 Å². The van der Waals surface area contributed by atoms with Gasteiger partial charge in [0, 0.05) is 29.9 Å². The van der Waals surface area contributed by atoms with Crippen LogP contribution in [0.5, 0.6) is 0 Å². The van der Waals surface area contributed by atoms with E-state index in [4.69, 9.17) is 4.52 Å². The van der Waals surface area contributed by atoms with E-state index in [9.17, 15) is 4.79 Å². The van der Waals surface area contributed by atoms with Crippen molar-refractivity contribution in [1.82, 2.24) is 25.2 Å². The van der Waals surface area contributed by atoms with E-state index in [0.29, 0.717) is 23.9 Å². The Bertz CT molecular complexity index is 856. The molecular weight excluding hydrogens is 332 g/mol. The van der Waals surface area contributed by atoms with Crippen molar-refractivity contribution >= 4 is 11.7 Å². The normalized spacial score (nSPS) is 10.9. The average molecular weight is 354 g/mol. The van der Waals surface area contributed by atoms with Gasteiger partial charge in [0.15, 0.2) is 5.82 Å². The van der Waals surface area contributed by atoms with Crippen molar-refractivity contribution in [3.63, 3.8) is 0 Å². The van der Waals surface area contributed by atoms with Crippen LogP contribution >= 0.6 is 0 Å². The molecule has 3 aromatic rings. The Balaban J connectivity index is 1.68. The Hall–Kier alpha value is -3.16. The van der Waals surface area contributed by atoms with E-state index in [-0.39, 0.29) is 18.5 Å². The van der Waals surface area contributed by atoms with Gasteiger partial charge in [0.2, 0.25) is 5.89 Å². The van der Waals surface area contributed by atoms with E-state index >= 15 is 0 Å². The summed E-state index contributed by atoms with van der Waals surface area (Å²) in [5.41, 5.74) is 2.54. The molecule has 3 rings (SSSR count). The highest BCUT2D eigenvalue weighted by atomic mass is 16.5. The van der Waals surface area contributed by atoms with Gasteiger partial charge in [-0.15, -0.1) is 0 Å². The third-order valence-electron chi connectivity index (χ3n) is 3.92. The van der Waals surface area contributed by atoms with Crippen LogP contribution in [0.1, 0.15) is 38.4 Å². The van der Waals surface area contributed by atoms with Crippen molar-refractivity contribution in [3.05, 3.63) is 48.2 Å². The van der Waals surface area contributed by atoms with Gasteiger partial charge in [-0.25, -0.2) is 4.79 Å². The number of aromatic amines is 1. The van der Waals surface area contributed by atoms with E-state index in [0.717, 1.165) is 11.3 Å². The summed E-state index contributed by atoms with van der Waals surface area (Å²) in [4.78, 5) is 18.5. The molecule has 0 bridgehead atoms. The van der Waals surface area contributed by atoms with E-state index < -0.39 is 0 Å². The van der Waals surface area contributed by atoms with Crippen LogP contribution in [0.4, 0.5) is 10.5 Å². The van der Waals surface area contributed by atoms with Gasteiger partial charge in [-0.2, -0.15) is 10.1 Å². The average Bonchev–Trinajstić information content (AvgIpc) is 3.31. The van der Waals surface area contributed by atoms with E-state index in [1.54, 1.807) is 11.1 Å². The van der Waals surface area contributed by atoms with Gasteiger partial charge in [0.1, 0.15) is 6.54 Å². The number of amides is 2. The molecule has 2 N–H and O–H groups in total. The molecule has 2 aromatic heterocycles. The lowest BCUT2D eigenvalue weighted by atomic mass is 10.1. The zero-order valence-corrected chi connectivity index (χ0v) is 15.1. The van der Waals surface area contributed by atoms with Gasteiger partial charge in [0.25, 0.3) is 0 Å². The Labute approximate surface area is 151 Å². The van der Waals surface area contributed by atoms with E-state index in [2.05, 4.69) is 25.7 Å². The Kier molecular flexibility index (Phi) is 5.31. The van der Waals surface area contributed by atoms with Crippen LogP contribution in [-0.4, -0.2) is 37.8 Å². The number of hydrogen-bond acceptors (Lipinski definition) is 5. The molecule has 1 aromatic carbocycles. The number of nitrogens with zero attached hydrogens (tertiary/aromatic N) is 4. The van der Waals surface area contributed by atoms with Gasteiger partial charge in [-0.3, -0.25) is 5.10 Å². The second-order valence-electron chi connectivity index (χ2n) is 6.20. The van der Waals surface area contributed by atoms with Crippen molar-refractivity contribution in [1.29, 1.82) is 0 Å². The Morgan fingerprint density at radius 2 is 2.19 bits per heavy atom. The van der Waals surface area contributed by atoms with Gasteiger partial charge in [0.05, 0.1) is 5.69 Å². The molecule has 0 radical (unpaired) electrons. The first kappa shape index (κ1) is 17.7. The molecular formula is C18H22N6O2. The number of nitrogens with one attached hydrogen (secondary N) is 2. The van der Waals surface area contributed by atoms with Crippen molar-refractivity contribution in [2.24, 2.45) is 0 Å². The van der Waals surface area contributed by atoms with Crippen LogP contribution in [0.25, 0.3) is 11.3 Å². The fourth-order valence-corrected chi connectivity index (χ4v) is 2.44. The smallest absolute Gasteiger partial charge is 0.322 e. The number of hydrogen-bond donors (Lipinski definition) is 2. The highest BCUT2D eigenvalue weighted by Crippen LogP contribution is 2.20. The quantitative estimate of drug-likeness (QED) is 0.704. The molecule has 0 atom stereocenters. The van der Waals surface area contributed by atoms with Gasteiger partial charge in [-0.1, -0.05) is 31.1 Å². The summed E-state index contributed by atoms with van der Waals surface area (Å²) >= 11 is 0. The molecule has 0 aliphatic heterocycles. The highest BCUT2D eigenvalue weighted by Gasteiger charge is 2.17. The SMILES string of the molecule is CCN(Cc1nc(C(C)C)no1)C(=O)Nc1cccc(-c2ccn[nH]2)c1. The lowest BCUT2D eigenvalue weighted by molar-refractivity contribution is 0.203. The van der Waals surface area contributed by atoms with Crippen molar-refractivity contribution < 1.29 is 9.32 Å². The van der Waals surface area contributed by atoms with Crippen LogP contribution in [0.15, 0.2) is 41.1 Å². The van der Waals surface area contributed by atoms with Gasteiger partial charge < -0.3 is 14.7 Å². The molecule has 26 heavy (non-hydrogen) atoms. The second kappa shape index (κ2) is 7.81. The monoisotopic (exact) mass is 354 g/mol. The fourth-order valence-electron chi connectivity index (χ4n) is 2.44. The summed E-state index contributed by atoms with van der Waals surface area (Å²) in [5, 5.41) is 13.7. The van der Waals surface area contributed by atoms with Crippen LogP contribution in [-0.2, 0) is 6.54 Å². The van der Waals surface area contributed by atoms with Crippen LogP contribution in [0.3, 0.4) is 0 Å². The molecule has 0 saturated heterocycles. The summed E-state index contributed by atoms with van der Waals surface area (Å²) in [7, 11) is 0. The minimum absolute atomic E-state index is 0.182. The number of carbonyl (C=O) groups is 1. The third-order valence-corrected chi connectivity index (χ3v) is 3.92. The number of urea groups is 1. The Morgan fingerprint density at radius 1 is 1.35 bits per heavy atom. The molecule has 2 heterocycles. The molecule has 8 nitrogen and oxygen atoms in total. The molecule has 0 saturated carbocycles. The molecule has 8 heteroatoms. The summed E-state index contributed by atoms with van der Waals surface area (Å²) in [6, 6.07) is 9.22. The minimum Gasteiger partial charge on any atom is -0.337 e. The number of rotatable bonds is 6. The van der Waals surface area contributed by atoms with Crippen LogP contribution < -0.4 is 5.32 Å². The first-order valence-corrected chi connectivity index (χ1v) is 8.55. The van der Waals surface area contributed by atoms with Crippen molar-refractivity contribution in [3.8, 4) is 11.3 Å². The maximum absolute atomic E-state index is 12.6.